The first-order valence-electron chi connectivity index (χ1n) is 14.3. The number of nitrogens with one attached hydrogen (secondary N) is 3. The second-order valence-electron chi connectivity index (χ2n) is 11.6. The lowest BCUT2D eigenvalue weighted by atomic mass is 9.93. The second kappa shape index (κ2) is 11.8. The number of nitriles is 1. The zero-order chi connectivity index (χ0) is 30.1. The van der Waals surface area contributed by atoms with Gasteiger partial charge in [0.15, 0.2) is 0 Å². The fourth-order valence-corrected chi connectivity index (χ4v) is 7.24. The largest absolute Gasteiger partial charge is 0.446 e. The molecule has 4 aliphatic rings. The Kier molecular flexibility index (Phi) is 8.28. The van der Waals surface area contributed by atoms with Gasteiger partial charge < -0.3 is 15.0 Å². The molecule has 0 radical (unpaired) electrons. The number of amides is 4. The van der Waals surface area contributed by atoms with Crippen LogP contribution in [-0.2, 0) is 29.1 Å². The van der Waals surface area contributed by atoms with Crippen molar-refractivity contribution in [1.29, 1.82) is 5.26 Å². The number of sulfonamides is 1. The van der Waals surface area contributed by atoms with Crippen LogP contribution in [0.4, 0.5) is 10.5 Å². The van der Waals surface area contributed by atoms with Crippen molar-refractivity contribution in [3.63, 3.8) is 0 Å². The summed E-state index contributed by atoms with van der Waals surface area (Å²) in [6.07, 6.45) is 5.83. The maximum absolute atomic E-state index is 13.8. The van der Waals surface area contributed by atoms with E-state index >= 15 is 0 Å². The smallest absolute Gasteiger partial charge is 0.411 e. The molecular weight excluding hydrogens is 562 g/mol. The van der Waals surface area contributed by atoms with Crippen LogP contribution in [0.25, 0.3) is 0 Å². The Morgan fingerprint density at radius 2 is 1.88 bits per heavy atom. The summed E-state index contributed by atoms with van der Waals surface area (Å²) < 4.78 is 32.9. The first-order chi connectivity index (χ1) is 20.0. The molecule has 13 heteroatoms. The Hall–Kier alpha value is -3.92. The van der Waals surface area contributed by atoms with Gasteiger partial charge in [-0.05, 0) is 63.5 Å². The van der Waals surface area contributed by atoms with Crippen LogP contribution in [0.2, 0.25) is 0 Å². The first-order valence-corrected chi connectivity index (χ1v) is 15.8. The fourth-order valence-electron chi connectivity index (χ4n) is 5.87. The van der Waals surface area contributed by atoms with Crippen molar-refractivity contribution in [3.8, 4) is 6.07 Å². The average Bonchev–Trinajstić information content (AvgIpc) is 3.87. The van der Waals surface area contributed by atoms with E-state index in [9.17, 15) is 32.9 Å². The Morgan fingerprint density at radius 1 is 1.14 bits per heavy atom. The number of rotatable bonds is 5. The van der Waals surface area contributed by atoms with E-state index in [-0.39, 0.29) is 42.3 Å². The predicted octanol–water partition coefficient (Wildman–Crippen LogP) is 2.18. The van der Waals surface area contributed by atoms with Gasteiger partial charge in [0, 0.05) is 19.5 Å². The van der Waals surface area contributed by atoms with Crippen LogP contribution < -0.4 is 15.4 Å². The van der Waals surface area contributed by atoms with Gasteiger partial charge in [-0.25, -0.2) is 13.2 Å². The highest BCUT2D eigenvalue weighted by Gasteiger charge is 2.62. The van der Waals surface area contributed by atoms with Gasteiger partial charge in [0.2, 0.25) is 21.8 Å². The third-order valence-corrected chi connectivity index (χ3v) is 10.4. The molecule has 1 aliphatic heterocycles. The van der Waals surface area contributed by atoms with Gasteiger partial charge >= 0.3 is 6.09 Å². The van der Waals surface area contributed by atoms with Gasteiger partial charge in [-0.2, -0.15) is 5.26 Å². The number of para-hydroxylation sites is 1. The van der Waals surface area contributed by atoms with E-state index in [0.29, 0.717) is 19.4 Å². The molecule has 5 rings (SSSR count). The van der Waals surface area contributed by atoms with E-state index in [4.69, 9.17) is 4.74 Å². The first kappa shape index (κ1) is 29.6. The number of carbonyl (C=O) groups excluding carboxylic acids is 4. The topological polar surface area (TPSA) is 175 Å². The number of anilines is 1. The quantitative estimate of drug-likeness (QED) is 0.433. The number of nitrogens with zero attached hydrogens (tertiary/aromatic N) is 2. The van der Waals surface area contributed by atoms with E-state index in [0.717, 1.165) is 19.3 Å². The maximum Gasteiger partial charge on any atom is 0.411 e. The van der Waals surface area contributed by atoms with Crippen LogP contribution in [0.3, 0.4) is 0 Å². The molecular formula is C29H35N5O7S. The van der Waals surface area contributed by atoms with Gasteiger partial charge in [0.1, 0.15) is 17.7 Å². The van der Waals surface area contributed by atoms with Crippen LogP contribution >= 0.6 is 0 Å². The number of allylic oxidation sites excluding steroid dienone is 1. The summed E-state index contributed by atoms with van der Waals surface area (Å²) >= 11 is 0. The Balaban J connectivity index is 1.35. The molecule has 3 saturated carbocycles. The Morgan fingerprint density at radius 3 is 2.62 bits per heavy atom. The molecule has 3 N–H and O–H groups in total. The molecule has 224 valence electrons. The number of fused-ring (bicyclic) bond motifs is 2. The van der Waals surface area contributed by atoms with Gasteiger partial charge in [-0.1, -0.05) is 24.3 Å². The van der Waals surface area contributed by atoms with Crippen molar-refractivity contribution in [2.45, 2.75) is 68.3 Å². The number of carbonyl (C=O) groups is 4. The number of hydrogen-bond acceptors (Lipinski definition) is 8. The molecule has 0 saturated heterocycles. The SMILES string of the molecule is CN1CCCCC=C[C@@H]2C[C@@]2(C(=O)NS(=O)(=O)C2CC2)NC(=O)[C@@H]2C[C@@H](OC(=O)Nc3ccccc3C#N)C[C@H]2C1=O. The highest BCUT2D eigenvalue weighted by molar-refractivity contribution is 7.91. The van der Waals surface area contributed by atoms with Crippen LogP contribution in [0.15, 0.2) is 36.4 Å². The molecule has 5 atom stereocenters. The molecule has 0 spiro atoms. The summed E-state index contributed by atoms with van der Waals surface area (Å²) in [7, 11) is -2.16. The molecule has 0 unspecified atom stereocenters. The summed E-state index contributed by atoms with van der Waals surface area (Å²) in [5.74, 6) is -3.67. The van der Waals surface area contributed by atoms with E-state index in [1.54, 1.807) is 36.2 Å². The van der Waals surface area contributed by atoms with Crippen molar-refractivity contribution in [3.05, 3.63) is 42.0 Å². The minimum Gasteiger partial charge on any atom is -0.446 e. The van der Waals surface area contributed by atoms with Crippen molar-refractivity contribution in [2.75, 3.05) is 18.9 Å². The Bertz CT molecular complexity index is 1450. The number of benzene rings is 1. The molecule has 3 fully saturated rings. The lowest BCUT2D eigenvalue weighted by Gasteiger charge is -2.26. The Labute approximate surface area is 244 Å². The van der Waals surface area contributed by atoms with Crippen molar-refractivity contribution >= 4 is 39.5 Å². The zero-order valence-electron chi connectivity index (χ0n) is 23.4. The summed E-state index contributed by atoms with van der Waals surface area (Å²) in [5.41, 5.74) is -0.904. The number of hydrogen-bond donors (Lipinski definition) is 3. The van der Waals surface area contributed by atoms with Crippen LogP contribution in [0, 0.1) is 29.1 Å². The predicted molar refractivity (Wildman–Crippen MR) is 151 cm³/mol. The molecule has 3 aliphatic carbocycles. The third-order valence-electron chi connectivity index (χ3n) is 8.55. The summed E-state index contributed by atoms with van der Waals surface area (Å²) in [4.78, 5) is 54.9. The molecule has 42 heavy (non-hydrogen) atoms. The molecule has 12 nitrogen and oxygen atoms in total. The fraction of sp³-hybridized carbons (Fsp3) is 0.552. The van der Waals surface area contributed by atoms with E-state index < -0.39 is 56.7 Å². The van der Waals surface area contributed by atoms with Crippen molar-refractivity contribution < 1.29 is 32.3 Å². The monoisotopic (exact) mass is 597 g/mol. The van der Waals surface area contributed by atoms with Crippen molar-refractivity contribution in [2.24, 2.45) is 17.8 Å². The van der Waals surface area contributed by atoms with Gasteiger partial charge in [-0.15, -0.1) is 0 Å². The standard InChI is InChI=1S/C29H35N5O7S/c1-34-13-7-3-2-4-9-19-16-29(19,27(37)33-42(39,40)21-11-12-21)32-25(35)22-14-20(15-23(22)26(34)36)41-28(38)31-24-10-6-5-8-18(24)17-30/h4-6,8-10,19-23H,2-3,7,11-16H2,1H3,(H,31,38)(H,32,35)(H,33,37)/t19-,20-,22-,23-,29-/m1/s1. The van der Waals surface area contributed by atoms with E-state index in [1.165, 1.54) is 0 Å². The molecule has 1 aromatic carbocycles. The zero-order valence-corrected chi connectivity index (χ0v) is 24.2. The van der Waals surface area contributed by atoms with Crippen LogP contribution in [-0.4, -0.2) is 67.6 Å². The van der Waals surface area contributed by atoms with Crippen molar-refractivity contribution in [1.82, 2.24) is 14.9 Å². The highest BCUT2D eigenvalue weighted by Crippen LogP contribution is 2.47. The van der Waals surface area contributed by atoms with E-state index in [2.05, 4.69) is 15.4 Å². The lowest BCUT2D eigenvalue weighted by molar-refractivity contribution is -0.140. The minimum atomic E-state index is -3.83. The third kappa shape index (κ3) is 6.28. The lowest BCUT2D eigenvalue weighted by Crippen LogP contribution is -2.54. The van der Waals surface area contributed by atoms with Crippen LogP contribution in [0.1, 0.15) is 56.9 Å². The normalized spacial score (nSPS) is 29.7. The average molecular weight is 598 g/mol. The highest BCUT2D eigenvalue weighted by atomic mass is 32.2. The number of ether oxygens (including phenoxy) is 1. The molecule has 4 amide bonds. The maximum atomic E-state index is 13.8. The minimum absolute atomic E-state index is 0.0436. The van der Waals surface area contributed by atoms with Gasteiger partial charge in [0.25, 0.3) is 5.91 Å². The summed E-state index contributed by atoms with van der Waals surface area (Å²) in [6, 6.07) is 8.43. The van der Waals surface area contributed by atoms with Gasteiger partial charge in [0.05, 0.1) is 28.3 Å². The molecule has 1 heterocycles. The van der Waals surface area contributed by atoms with Gasteiger partial charge in [-0.3, -0.25) is 24.4 Å². The molecule has 1 aromatic rings. The van der Waals surface area contributed by atoms with E-state index in [1.807, 2.05) is 18.2 Å². The molecule has 0 aromatic heterocycles. The summed E-state index contributed by atoms with van der Waals surface area (Å²) in [5, 5.41) is 14.1. The second-order valence-corrected chi connectivity index (χ2v) is 13.6. The summed E-state index contributed by atoms with van der Waals surface area (Å²) in [6.45, 7) is 0.503. The molecule has 0 bridgehead atoms. The van der Waals surface area contributed by atoms with Crippen LogP contribution in [0.5, 0.6) is 0 Å².